The topological polar surface area (TPSA) is 38.7 Å². The van der Waals surface area contributed by atoms with Gasteiger partial charge < -0.3 is 0 Å². The maximum atomic E-state index is 4.32. The molecule has 0 aliphatic heterocycles. The lowest BCUT2D eigenvalue weighted by Gasteiger charge is -2.02. The zero-order chi connectivity index (χ0) is 8.27. The van der Waals surface area contributed by atoms with Gasteiger partial charge in [-0.2, -0.15) is 5.10 Å². The van der Waals surface area contributed by atoms with Crippen LogP contribution in [0.4, 0.5) is 0 Å². The molecule has 3 heteroatoms. The van der Waals surface area contributed by atoms with E-state index in [9.17, 15) is 0 Å². The van der Waals surface area contributed by atoms with Gasteiger partial charge in [0.15, 0.2) is 5.82 Å². The molecular weight excluding hydrogens is 138 g/mol. The predicted octanol–water partition coefficient (Wildman–Crippen LogP) is 1.56. The van der Waals surface area contributed by atoms with Gasteiger partial charge in [0, 0.05) is 5.92 Å². The van der Waals surface area contributed by atoms with Gasteiger partial charge in [0.1, 0.15) is 0 Å². The Balaban J connectivity index is 2.91. The van der Waals surface area contributed by atoms with Crippen LogP contribution in [0, 0.1) is 0 Å². The van der Waals surface area contributed by atoms with Crippen LogP contribution in [0.15, 0.2) is 6.20 Å². The van der Waals surface area contributed by atoms with E-state index in [1.54, 1.807) is 6.20 Å². The van der Waals surface area contributed by atoms with E-state index >= 15 is 0 Å². The summed E-state index contributed by atoms with van der Waals surface area (Å²) in [7, 11) is 0. The molecule has 0 atom stereocenters. The fourth-order valence-corrected chi connectivity index (χ4v) is 0.768. The molecule has 11 heavy (non-hydrogen) atoms. The van der Waals surface area contributed by atoms with Crippen LogP contribution < -0.4 is 0 Å². The third-order valence-corrected chi connectivity index (χ3v) is 1.50. The van der Waals surface area contributed by atoms with Crippen LogP contribution in [0.3, 0.4) is 0 Å². The Kier molecular flexibility index (Phi) is 2.52. The molecule has 3 nitrogen and oxygen atoms in total. The third kappa shape index (κ3) is 1.97. The van der Waals surface area contributed by atoms with Crippen LogP contribution >= 0.6 is 0 Å². The maximum absolute atomic E-state index is 4.32. The minimum atomic E-state index is 0.369. The predicted molar refractivity (Wildman–Crippen MR) is 43.3 cm³/mol. The van der Waals surface area contributed by atoms with Crippen molar-refractivity contribution in [2.75, 3.05) is 0 Å². The average Bonchev–Trinajstić information content (AvgIpc) is 2.05. The van der Waals surface area contributed by atoms with E-state index in [1.807, 2.05) is 0 Å². The second-order valence-electron chi connectivity index (χ2n) is 2.81. The summed E-state index contributed by atoms with van der Waals surface area (Å²) in [6.07, 6.45) is 2.64. The summed E-state index contributed by atoms with van der Waals surface area (Å²) < 4.78 is 0. The Morgan fingerprint density at radius 3 is 2.73 bits per heavy atom. The molecule has 0 fully saturated rings. The standard InChI is InChI=1S/C8H13N3/c1-4-7-5-9-11-8(10-7)6(2)3/h5-6H,4H2,1-3H3. The molecule has 0 radical (unpaired) electrons. The molecule has 0 N–H and O–H groups in total. The molecule has 1 aromatic rings. The van der Waals surface area contributed by atoms with Gasteiger partial charge in [-0.1, -0.05) is 20.8 Å². The zero-order valence-electron chi connectivity index (χ0n) is 7.20. The molecule has 0 unspecified atom stereocenters. The molecule has 1 rings (SSSR count). The summed E-state index contributed by atoms with van der Waals surface area (Å²) in [4.78, 5) is 4.32. The van der Waals surface area contributed by atoms with Crippen molar-refractivity contribution in [3.8, 4) is 0 Å². The van der Waals surface area contributed by atoms with Gasteiger partial charge in [0.25, 0.3) is 0 Å². The lowest BCUT2D eigenvalue weighted by molar-refractivity contribution is 0.718. The zero-order valence-corrected chi connectivity index (χ0v) is 7.20. The van der Waals surface area contributed by atoms with Gasteiger partial charge in [-0.3, -0.25) is 0 Å². The highest BCUT2D eigenvalue weighted by Gasteiger charge is 2.02. The van der Waals surface area contributed by atoms with Crippen LogP contribution in [0.25, 0.3) is 0 Å². The molecular formula is C8H13N3. The fourth-order valence-electron chi connectivity index (χ4n) is 0.768. The average molecular weight is 151 g/mol. The van der Waals surface area contributed by atoms with E-state index in [0.29, 0.717) is 5.92 Å². The lowest BCUT2D eigenvalue weighted by Crippen LogP contribution is -2.02. The van der Waals surface area contributed by atoms with Crippen molar-refractivity contribution in [2.45, 2.75) is 33.1 Å². The highest BCUT2D eigenvalue weighted by Crippen LogP contribution is 2.06. The minimum Gasteiger partial charge on any atom is -0.234 e. The summed E-state index contributed by atoms with van der Waals surface area (Å²) in [6.45, 7) is 6.20. The Labute approximate surface area is 66.9 Å². The number of hydrogen-bond donors (Lipinski definition) is 0. The Bertz CT molecular complexity index is 233. The van der Waals surface area contributed by atoms with Crippen LogP contribution in [0.5, 0.6) is 0 Å². The highest BCUT2D eigenvalue weighted by molar-refractivity contribution is 4.98. The van der Waals surface area contributed by atoms with E-state index in [4.69, 9.17) is 0 Å². The molecule has 0 saturated heterocycles. The summed E-state index contributed by atoms with van der Waals surface area (Å²) in [5, 5.41) is 7.79. The monoisotopic (exact) mass is 151 g/mol. The second kappa shape index (κ2) is 3.42. The molecule has 1 heterocycles. The molecule has 0 amide bonds. The molecule has 1 aromatic heterocycles. The van der Waals surface area contributed by atoms with Gasteiger partial charge in [0.05, 0.1) is 11.9 Å². The lowest BCUT2D eigenvalue weighted by atomic mass is 10.2. The van der Waals surface area contributed by atoms with Crippen molar-refractivity contribution < 1.29 is 0 Å². The Morgan fingerprint density at radius 1 is 1.45 bits per heavy atom. The summed E-state index contributed by atoms with van der Waals surface area (Å²) >= 11 is 0. The first kappa shape index (κ1) is 8.11. The SMILES string of the molecule is CCc1cnnc(C(C)C)n1. The highest BCUT2D eigenvalue weighted by atomic mass is 15.1. The van der Waals surface area contributed by atoms with Crippen molar-refractivity contribution in [1.82, 2.24) is 15.2 Å². The first-order chi connectivity index (χ1) is 5.24. The smallest absolute Gasteiger partial charge is 0.153 e. The van der Waals surface area contributed by atoms with Crippen LogP contribution in [-0.2, 0) is 6.42 Å². The van der Waals surface area contributed by atoms with E-state index in [-0.39, 0.29) is 0 Å². The molecule has 0 bridgehead atoms. The quantitative estimate of drug-likeness (QED) is 0.643. The second-order valence-corrected chi connectivity index (χ2v) is 2.81. The molecule has 0 spiro atoms. The first-order valence-corrected chi connectivity index (χ1v) is 3.92. The van der Waals surface area contributed by atoms with E-state index in [0.717, 1.165) is 17.9 Å². The van der Waals surface area contributed by atoms with Crippen molar-refractivity contribution in [3.05, 3.63) is 17.7 Å². The summed E-state index contributed by atoms with van der Waals surface area (Å²) in [5.41, 5.74) is 1.02. The van der Waals surface area contributed by atoms with Gasteiger partial charge in [-0.15, -0.1) is 5.10 Å². The normalized spacial score (nSPS) is 10.5. The van der Waals surface area contributed by atoms with Gasteiger partial charge >= 0.3 is 0 Å². The molecule has 0 aromatic carbocycles. The minimum absolute atomic E-state index is 0.369. The number of rotatable bonds is 2. The van der Waals surface area contributed by atoms with Crippen molar-refractivity contribution in [2.24, 2.45) is 0 Å². The van der Waals surface area contributed by atoms with Crippen LogP contribution in [0.2, 0.25) is 0 Å². The number of hydrogen-bond acceptors (Lipinski definition) is 3. The molecule has 60 valence electrons. The van der Waals surface area contributed by atoms with Crippen molar-refractivity contribution in [1.29, 1.82) is 0 Å². The molecule has 0 saturated carbocycles. The van der Waals surface area contributed by atoms with E-state index < -0.39 is 0 Å². The van der Waals surface area contributed by atoms with Gasteiger partial charge in [-0.05, 0) is 6.42 Å². The van der Waals surface area contributed by atoms with E-state index in [2.05, 4.69) is 36.0 Å². The fraction of sp³-hybridized carbons (Fsp3) is 0.625. The van der Waals surface area contributed by atoms with Gasteiger partial charge in [-0.25, -0.2) is 4.98 Å². The summed E-state index contributed by atoms with van der Waals surface area (Å²) in [6, 6.07) is 0. The maximum Gasteiger partial charge on any atom is 0.153 e. The largest absolute Gasteiger partial charge is 0.234 e. The molecule has 0 aliphatic rings. The molecule has 0 aliphatic carbocycles. The summed E-state index contributed by atoms with van der Waals surface area (Å²) in [5.74, 6) is 1.21. The Hall–Kier alpha value is -0.990. The number of aryl methyl sites for hydroxylation is 1. The van der Waals surface area contributed by atoms with Crippen LogP contribution in [-0.4, -0.2) is 15.2 Å². The first-order valence-electron chi connectivity index (χ1n) is 3.92. The van der Waals surface area contributed by atoms with Crippen molar-refractivity contribution >= 4 is 0 Å². The number of aromatic nitrogens is 3. The Morgan fingerprint density at radius 2 is 2.18 bits per heavy atom. The third-order valence-electron chi connectivity index (χ3n) is 1.50. The van der Waals surface area contributed by atoms with Crippen LogP contribution in [0.1, 0.15) is 38.2 Å². The number of nitrogens with zero attached hydrogens (tertiary/aromatic N) is 3. The van der Waals surface area contributed by atoms with Gasteiger partial charge in [0.2, 0.25) is 0 Å². The van der Waals surface area contributed by atoms with E-state index in [1.165, 1.54) is 0 Å². The van der Waals surface area contributed by atoms with Crippen molar-refractivity contribution in [3.63, 3.8) is 0 Å².